The van der Waals surface area contributed by atoms with Crippen LogP contribution >= 0.6 is 23.1 Å². The molecule has 0 aromatic carbocycles. The maximum absolute atomic E-state index is 12.7. The topological polar surface area (TPSA) is 29.5 Å². The molecule has 3 nitrogen and oxygen atoms in total. The normalized spacial score (nSPS) is 23.9. The highest BCUT2D eigenvalue weighted by Crippen LogP contribution is 2.30. The zero-order valence-electron chi connectivity index (χ0n) is 12.6. The van der Waals surface area contributed by atoms with Crippen molar-refractivity contribution in [3.05, 3.63) is 22.4 Å². The predicted molar refractivity (Wildman–Crippen MR) is 86.4 cm³/mol. The summed E-state index contributed by atoms with van der Waals surface area (Å²) in [6.07, 6.45) is 2.15. The first-order valence-electron chi connectivity index (χ1n) is 6.90. The lowest BCUT2D eigenvalue weighted by Crippen LogP contribution is -2.50. The molecule has 112 valence electrons. The molecule has 20 heavy (non-hydrogen) atoms. The lowest BCUT2D eigenvalue weighted by atomic mass is 9.93. The number of hydrogen-bond acceptors (Lipinski definition) is 4. The molecule has 5 heteroatoms. The third-order valence-corrected chi connectivity index (χ3v) is 5.26. The zero-order valence-corrected chi connectivity index (χ0v) is 14.2. The summed E-state index contributed by atoms with van der Waals surface area (Å²) in [4.78, 5) is 14.7. The minimum atomic E-state index is -0.310. The van der Waals surface area contributed by atoms with E-state index in [0.29, 0.717) is 13.1 Å². The van der Waals surface area contributed by atoms with Crippen LogP contribution in [0, 0.1) is 5.41 Å². The average Bonchev–Trinajstić information content (AvgIpc) is 2.91. The number of thiophene rings is 1. The number of carbonyl (C=O) groups excluding carboxylic acids is 1. The molecule has 1 aliphatic heterocycles. The number of carbonyl (C=O) groups is 1. The minimum Gasteiger partial charge on any atom is -0.367 e. The maximum Gasteiger partial charge on any atom is 0.229 e. The Labute approximate surface area is 129 Å². The molecule has 1 saturated heterocycles. The van der Waals surface area contributed by atoms with Crippen molar-refractivity contribution in [2.24, 2.45) is 5.41 Å². The van der Waals surface area contributed by atoms with E-state index in [4.69, 9.17) is 4.74 Å². The largest absolute Gasteiger partial charge is 0.367 e. The fraction of sp³-hybridized carbons (Fsp3) is 0.667. The SMILES string of the molecule is CSCC(C)(C)C(=O)N1C[C@@H](C)O[C@H](c2ccsc2)C1. The van der Waals surface area contributed by atoms with Crippen LogP contribution in [0.2, 0.25) is 0 Å². The van der Waals surface area contributed by atoms with Crippen molar-refractivity contribution in [3.8, 4) is 0 Å². The molecule has 1 fully saturated rings. The van der Waals surface area contributed by atoms with E-state index in [1.807, 2.05) is 31.9 Å². The molecule has 1 amide bonds. The number of morpholine rings is 1. The molecule has 0 bridgehead atoms. The highest BCUT2D eigenvalue weighted by Gasteiger charge is 2.36. The van der Waals surface area contributed by atoms with Crippen molar-refractivity contribution in [1.29, 1.82) is 0 Å². The number of amides is 1. The Morgan fingerprint density at radius 1 is 1.55 bits per heavy atom. The molecular weight excluding hydrogens is 290 g/mol. The van der Waals surface area contributed by atoms with Crippen LogP contribution in [0.25, 0.3) is 0 Å². The van der Waals surface area contributed by atoms with E-state index in [2.05, 4.69) is 16.8 Å². The Kier molecular flexibility index (Phi) is 5.15. The second-order valence-electron chi connectivity index (χ2n) is 6.02. The Morgan fingerprint density at radius 3 is 2.90 bits per heavy atom. The van der Waals surface area contributed by atoms with E-state index in [0.717, 1.165) is 5.75 Å². The van der Waals surface area contributed by atoms with E-state index in [-0.39, 0.29) is 23.5 Å². The van der Waals surface area contributed by atoms with Gasteiger partial charge in [-0.25, -0.2) is 0 Å². The van der Waals surface area contributed by atoms with Crippen molar-refractivity contribution >= 4 is 29.0 Å². The first-order chi connectivity index (χ1) is 9.44. The molecule has 0 saturated carbocycles. The van der Waals surface area contributed by atoms with Gasteiger partial charge < -0.3 is 9.64 Å². The third kappa shape index (κ3) is 3.57. The Balaban J connectivity index is 2.10. The third-order valence-electron chi connectivity index (χ3n) is 3.55. The van der Waals surface area contributed by atoms with Gasteiger partial charge in [-0.3, -0.25) is 4.79 Å². The van der Waals surface area contributed by atoms with Gasteiger partial charge in [-0.15, -0.1) is 0 Å². The van der Waals surface area contributed by atoms with E-state index >= 15 is 0 Å². The molecule has 1 aliphatic rings. The van der Waals surface area contributed by atoms with Crippen molar-refractivity contribution in [1.82, 2.24) is 4.90 Å². The Morgan fingerprint density at radius 2 is 2.30 bits per heavy atom. The number of hydrogen-bond donors (Lipinski definition) is 0. The summed E-state index contributed by atoms with van der Waals surface area (Å²) in [5.74, 6) is 1.09. The van der Waals surface area contributed by atoms with Crippen molar-refractivity contribution in [2.75, 3.05) is 25.1 Å². The van der Waals surface area contributed by atoms with E-state index in [1.54, 1.807) is 23.1 Å². The monoisotopic (exact) mass is 313 g/mol. The van der Waals surface area contributed by atoms with Crippen LogP contribution in [-0.2, 0) is 9.53 Å². The standard InChI is InChI=1S/C15H23NO2S2/c1-11-7-16(14(17)15(2,3)10-19-4)8-13(18-11)12-5-6-20-9-12/h5-6,9,11,13H,7-8,10H2,1-4H3/t11-,13+/m1/s1. The molecule has 0 radical (unpaired) electrons. The predicted octanol–water partition coefficient (Wildman–Crippen LogP) is 3.43. The Bertz CT molecular complexity index is 445. The molecule has 0 unspecified atom stereocenters. The summed E-state index contributed by atoms with van der Waals surface area (Å²) < 4.78 is 5.99. The molecule has 2 heterocycles. The quantitative estimate of drug-likeness (QED) is 0.853. The van der Waals surface area contributed by atoms with Gasteiger partial charge in [-0.2, -0.15) is 23.1 Å². The molecule has 2 rings (SSSR count). The second-order valence-corrected chi connectivity index (χ2v) is 7.67. The number of nitrogens with zero attached hydrogens (tertiary/aromatic N) is 1. The molecule has 0 aliphatic carbocycles. The smallest absolute Gasteiger partial charge is 0.229 e. The van der Waals surface area contributed by atoms with Gasteiger partial charge in [-0.1, -0.05) is 13.8 Å². The van der Waals surface area contributed by atoms with Crippen LogP contribution < -0.4 is 0 Å². The first kappa shape index (κ1) is 15.9. The van der Waals surface area contributed by atoms with Gasteiger partial charge in [-0.05, 0) is 35.6 Å². The van der Waals surface area contributed by atoms with Crippen LogP contribution in [0.15, 0.2) is 16.8 Å². The van der Waals surface area contributed by atoms with Gasteiger partial charge in [0.1, 0.15) is 6.10 Å². The summed E-state index contributed by atoms with van der Waals surface area (Å²) in [6, 6.07) is 2.09. The summed E-state index contributed by atoms with van der Waals surface area (Å²) in [5, 5.41) is 4.17. The van der Waals surface area contributed by atoms with Gasteiger partial charge in [0, 0.05) is 12.3 Å². The van der Waals surface area contributed by atoms with E-state index in [9.17, 15) is 4.79 Å². The van der Waals surface area contributed by atoms with Crippen LogP contribution in [0.4, 0.5) is 0 Å². The highest BCUT2D eigenvalue weighted by atomic mass is 32.2. The van der Waals surface area contributed by atoms with E-state index < -0.39 is 0 Å². The van der Waals surface area contributed by atoms with Crippen LogP contribution in [0.1, 0.15) is 32.4 Å². The molecular formula is C15H23NO2S2. The van der Waals surface area contributed by atoms with Crippen LogP contribution in [-0.4, -0.2) is 42.0 Å². The molecule has 1 aromatic heterocycles. The fourth-order valence-electron chi connectivity index (χ4n) is 2.61. The zero-order chi connectivity index (χ0) is 14.8. The minimum absolute atomic E-state index is 0.0130. The molecule has 0 N–H and O–H groups in total. The van der Waals surface area contributed by atoms with Gasteiger partial charge in [0.25, 0.3) is 0 Å². The fourth-order valence-corrected chi connectivity index (χ4v) is 4.16. The first-order valence-corrected chi connectivity index (χ1v) is 9.23. The average molecular weight is 313 g/mol. The van der Waals surface area contributed by atoms with Crippen LogP contribution in [0.5, 0.6) is 0 Å². The number of thioether (sulfide) groups is 1. The highest BCUT2D eigenvalue weighted by molar-refractivity contribution is 7.98. The second kappa shape index (κ2) is 6.50. The Hall–Kier alpha value is -0.520. The molecule has 0 spiro atoms. The summed E-state index contributed by atoms with van der Waals surface area (Å²) in [7, 11) is 0. The lowest BCUT2D eigenvalue weighted by molar-refractivity contribution is -0.152. The van der Waals surface area contributed by atoms with Gasteiger partial charge in [0.05, 0.1) is 18.1 Å². The number of ether oxygens (including phenoxy) is 1. The van der Waals surface area contributed by atoms with Gasteiger partial charge in [0.15, 0.2) is 0 Å². The van der Waals surface area contributed by atoms with Gasteiger partial charge in [0.2, 0.25) is 5.91 Å². The van der Waals surface area contributed by atoms with Crippen molar-refractivity contribution in [2.45, 2.75) is 33.0 Å². The van der Waals surface area contributed by atoms with Crippen molar-refractivity contribution in [3.63, 3.8) is 0 Å². The number of rotatable bonds is 4. The molecule has 1 aromatic rings. The lowest BCUT2D eigenvalue weighted by Gasteiger charge is -2.40. The summed E-state index contributed by atoms with van der Waals surface area (Å²) in [5.41, 5.74) is 0.873. The summed E-state index contributed by atoms with van der Waals surface area (Å²) >= 11 is 3.39. The maximum atomic E-state index is 12.7. The molecule has 2 atom stereocenters. The van der Waals surface area contributed by atoms with Crippen molar-refractivity contribution < 1.29 is 9.53 Å². The van der Waals surface area contributed by atoms with Gasteiger partial charge >= 0.3 is 0 Å². The van der Waals surface area contributed by atoms with Crippen LogP contribution in [0.3, 0.4) is 0 Å². The van der Waals surface area contributed by atoms with E-state index in [1.165, 1.54) is 5.56 Å². The summed E-state index contributed by atoms with van der Waals surface area (Å²) in [6.45, 7) is 7.46.